The summed E-state index contributed by atoms with van der Waals surface area (Å²) in [7, 11) is 0. The quantitative estimate of drug-likeness (QED) is 0.754. The molecule has 0 atom stereocenters. The van der Waals surface area contributed by atoms with Gasteiger partial charge in [0.25, 0.3) is 0 Å². The third kappa shape index (κ3) is 3.52. The van der Waals surface area contributed by atoms with Gasteiger partial charge in [0.1, 0.15) is 11.6 Å². The number of hydrogen-bond donors (Lipinski definition) is 1. The first kappa shape index (κ1) is 16.5. The molecule has 0 spiro atoms. The topological polar surface area (TPSA) is 41.1 Å². The predicted octanol–water partition coefficient (Wildman–Crippen LogP) is 4.48. The van der Waals surface area contributed by atoms with Crippen LogP contribution in [-0.2, 0) is 19.4 Å². The molecular weight excluding hydrogens is 327 g/mol. The van der Waals surface area contributed by atoms with Crippen LogP contribution in [0.15, 0.2) is 54.6 Å². The monoisotopic (exact) mass is 348 g/mol. The number of aryl methyl sites for hydroxylation is 1. The molecule has 0 bridgehead atoms. The van der Waals surface area contributed by atoms with Crippen LogP contribution in [0.5, 0.6) is 0 Å². The van der Waals surface area contributed by atoms with Crippen molar-refractivity contribution in [2.24, 2.45) is 0 Å². The Morgan fingerprint density at radius 2 is 1.81 bits per heavy atom. The maximum atomic E-state index is 13.1. The van der Waals surface area contributed by atoms with Crippen molar-refractivity contribution in [3.63, 3.8) is 0 Å². The van der Waals surface area contributed by atoms with Crippen LogP contribution in [-0.4, -0.2) is 16.5 Å². The van der Waals surface area contributed by atoms with Gasteiger partial charge < -0.3 is 10.2 Å². The second kappa shape index (κ2) is 7.12. The van der Waals surface area contributed by atoms with Crippen molar-refractivity contribution in [3.05, 3.63) is 77.2 Å². The van der Waals surface area contributed by atoms with E-state index in [-0.39, 0.29) is 5.82 Å². The van der Waals surface area contributed by atoms with Crippen LogP contribution < -0.4 is 10.2 Å². The summed E-state index contributed by atoms with van der Waals surface area (Å²) in [5.41, 5.74) is 4.52. The summed E-state index contributed by atoms with van der Waals surface area (Å²) >= 11 is 0. The van der Waals surface area contributed by atoms with Gasteiger partial charge in [-0.2, -0.15) is 4.98 Å². The van der Waals surface area contributed by atoms with Crippen LogP contribution in [0.3, 0.4) is 0 Å². The first-order valence-electron chi connectivity index (χ1n) is 8.93. The lowest BCUT2D eigenvalue weighted by atomic mass is 10.00. The maximum Gasteiger partial charge on any atom is 0.229 e. The van der Waals surface area contributed by atoms with E-state index in [2.05, 4.69) is 52.5 Å². The molecule has 132 valence electrons. The fourth-order valence-corrected chi connectivity index (χ4v) is 3.24. The van der Waals surface area contributed by atoms with E-state index in [1.807, 2.05) is 0 Å². The number of anilines is 3. The summed E-state index contributed by atoms with van der Waals surface area (Å²) in [5, 5.41) is 3.19. The van der Waals surface area contributed by atoms with E-state index in [1.165, 1.54) is 23.3 Å². The minimum atomic E-state index is -0.258. The van der Waals surface area contributed by atoms with Crippen LogP contribution in [0.2, 0.25) is 0 Å². The lowest BCUT2D eigenvalue weighted by Crippen LogP contribution is -2.31. The SMILES string of the molecule is CCc1cc(N2CCc3ccccc3C2)nc(Nc2ccc(F)cc2)n1. The molecule has 0 amide bonds. The Hall–Kier alpha value is -2.95. The molecule has 0 fully saturated rings. The number of hydrogen-bond acceptors (Lipinski definition) is 4. The number of benzene rings is 2. The highest BCUT2D eigenvalue weighted by Gasteiger charge is 2.18. The molecule has 1 aliphatic heterocycles. The Balaban J connectivity index is 1.61. The van der Waals surface area contributed by atoms with Gasteiger partial charge in [0.05, 0.1) is 0 Å². The Morgan fingerprint density at radius 1 is 1.04 bits per heavy atom. The van der Waals surface area contributed by atoms with E-state index in [0.29, 0.717) is 5.95 Å². The molecule has 0 aliphatic carbocycles. The molecule has 5 heteroatoms. The minimum absolute atomic E-state index is 0.258. The molecule has 0 unspecified atom stereocenters. The molecule has 2 heterocycles. The molecule has 3 aromatic rings. The molecule has 26 heavy (non-hydrogen) atoms. The summed E-state index contributed by atoms with van der Waals surface area (Å²) in [6.45, 7) is 3.87. The Morgan fingerprint density at radius 3 is 2.58 bits per heavy atom. The third-order valence-corrected chi connectivity index (χ3v) is 4.68. The number of aromatic nitrogens is 2. The molecule has 1 aliphatic rings. The highest BCUT2D eigenvalue weighted by molar-refractivity contribution is 5.56. The molecule has 0 saturated heterocycles. The molecule has 4 rings (SSSR count). The van der Waals surface area contributed by atoms with E-state index < -0.39 is 0 Å². The first-order chi connectivity index (χ1) is 12.7. The summed E-state index contributed by atoms with van der Waals surface area (Å²) in [6.07, 6.45) is 1.85. The largest absolute Gasteiger partial charge is 0.352 e. The summed E-state index contributed by atoms with van der Waals surface area (Å²) < 4.78 is 13.1. The average molecular weight is 348 g/mol. The van der Waals surface area contributed by atoms with Crippen molar-refractivity contribution in [1.29, 1.82) is 0 Å². The van der Waals surface area contributed by atoms with E-state index in [4.69, 9.17) is 4.98 Å². The van der Waals surface area contributed by atoms with Crippen molar-refractivity contribution in [2.75, 3.05) is 16.8 Å². The lowest BCUT2D eigenvalue weighted by Gasteiger charge is -2.30. The van der Waals surface area contributed by atoms with Gasteiger partial charge in [-0.05, 0) is 48.2 Å². The van der Waals surface area contributed by atoms with Crippen LogP contribution in [0, 0.1) is 5.82 Å². The normalized spacial score (nSPS) is 13.4. The van der Waals surface area contributed by atoms with Gasteiger partial charge in [0.2, 0.25) is 5.95 Å². The van der Waals surface area contributed by atoms with Gasteiger partial charge in [-0.25, -0.2) is 9.37 Å². The highest BCUT2D eigenvalue weighted by atomic mass is 19.1. The van der Waals surface area contributed by atoms with Gasteiger partial charge in [-0.15, -0.1) is 0 Å². The van der Waals surface area contributed by atoms with Gasteiger partial charge in [-0.1, -0.05) is 31.2 Å². The molecule has 2 aromatic carbocycles. The van der Waals surface area contributed by atoms with Crippen molar-refractivity contribution in [3.8, 4) is 0 Å². The van der Waals surface area contributed by atoms with Gasteiger partial charge >= 0.3 is 0 Å². The highest BCUT2D eigenvalue weighted by Crippen LogP contribution is 2.25. The van der Waals surface area contributed by atoms with E-state index in [9.17, 15) is 4.39 Å². The fourth-order valence-electron chi connectivity index (χ4n) is 3.24. The Kier molecular flexibility index (Phi) is 4.52. The van der Waals surface area contributed by atoms with E-state index in [1.54, 1.807) is 12.1 Å². The average Bonchev–Trinajstić information content (AvgIpc) is 2.69. The van der Waals surface area contributed by atoms with Crippen molar-refractivity contribution in [1.82, 2.24) is 9.97 Å². The zero-order chi connectivity index (χ0) is 17.9. The van der Waals surface area contributed by atoms with Crippen LogP contribution in [0.4, 0.5) is 21.8 Å². The Bertz CT molecular complexity index is 908. The summed E-state index contributed by atoms with van der Waals surface area (Å²) in [5.74, 6) is 1.22. The van der Waals surface area contributed by atoms with Crippen LogP contribution >= 0.6 is 0 Å². The first-order valence-corrected chi connectivity index (χ1v) is 8.93. The van der Waals surface area contributed by atoms with Gasteiger partial charge in [0, 0.05) is 30.5 Å². The van der Waals surface area contributed by atoms with Gasteiger partial charge in [-0.3, -0.25) is 0 Å². The number of rotatable bonds is 4. The molecule has 1 aromatic heterocycles. The number of nitrogens with one attached hydrogen (secondary N) is 1. The second-order valence-electron chi connectivity index (χ2n) is 6.47. The lowest BCUT2D eigenvalue weighted by molar-refractivity contribution is 0.628. The zero-order valence-corrected chi connectivity index (χ0v) is 14.7. The third-order valence-electron chi connectivity index (χ3n) is 4.68. The zero-order valence-electron chi connectivity index (χ0n) is 14.7. The second-order valence-corrected chi connectivity index (χ2v) is 6.47. The molecule has 0 radical (unpaired) electrons. The molecule has 4 nitrogen and oxygen atoms in total. The van der Waals surface area contributed by atoms with E-state index in [0.717, 1.165) is 43.1 Å². The van der Waals surface area contributed by atoms with Crippen molar-refractivity contribution in [2.45, 2.75) is 26.3 Å². The predicted molar refractivity (Wildman–Crippen MR) is 102 cm³/mol. The van der Waals surface area contributed by atoms with Crippen LogP contribution in [0.1, 0.15) is 23.7 Å². The molecular formula is C21H21FN4. The maximum absolute atomic E-state index is 13.1. The smallest absolute Gasteiger partial charge is 0.229 e. The fraction of sp³-hybridized carbons (Fsp3) is 0.238. The van der Waals surface area contributed by atoms with Crippen molar-refractivity contribution < 1.29 is 4.39 Å². The molecule has 0 saturated carbocycles. The van der Waals surface area contributed by atoms with Gasteiger partial charge in [0.15, 0.2) is 0 Å². The van der Waals surface area contributed by atoms with Crippen molar-refractivity contribution >= 4 is 17.5 Å². The minimum Gasteiger partial charge on any atom is -0.352 e. The molecule has 1 N–H and O–H groups in total. The summed E-state index contributed by atoms with van der Waals surface area (Å²) in [6, 6.07) is 16.8. The number of fused-ring (bicyclic) bond motifs is 1. The van der Waals surface area contributed by atoms with E-state index >= 15 is 0 Å². The summed E-state index contributed by atoms with van der Waals surface area (Å²) in [4.78, 5) is 11.6. The number of nitrogens with zero attached hydrogens (tertiary/aromatic N) is 3. The Labute approximate surface area is 152 Å². The standard InChI is InChI=1S/C21H21FN4/c1-2-18-13-20(26-12-11-15-5-3-4-6-16(15)14-26)25-21(23-18)24-19-9-7-17(22)8-10-19/h3-10,13H,2,11-12,14H2,1H3,(H,23,24,25). The number of halogens is 1. The van der Waals surface area contributed by atoms with Crippen LogP contribution in [0.25, 0.3) is 0 Å².